The molecule has 7 nitrogen and oxygen atoms in total. The van der Waals surface area contributed by atoms with E-state index in [1.165, 1.54) is 5.56 Å². The molecule has 2 heterocycles. The minimum atomic E-state index is 0.0753. The number of nitrogens with zero attached hydrogens (tertiary/aromatic N) is 4. The fourth-order valence-corrected chi connectivity index (χ4v) is 2.96. The van der Waals surface area contributed by atoms with Gasteiger partial charge in [0, 0.05) is 38.0 Å². The second-order valence-corrected chi connectivity index (χ2v) is 6.62. The van der Waals surface area contributed by atoms with Crippen LogP contribution in [0.25, 0.3) is 5.82 Å². The van der Waals surface area contributed by atoms with Gasteiger partial charge >= 0.3 is 0 Å². The zero-order valence-corrected chi connectivity index (χ0v) is 16.4. The summed E-state index contributed by atoms with van der Waals surface area (Å²) in [7, 11) is 0. The first kappa shape index (κ1) is 19.5. The van der Waals surface area contributed by atoms with Crippen molar-refractivity contribution in [2.75, 3.05) is 18.4 Å². The Morgan fingerprint density at radius 3 is 2.68 bits per heavy atom. The van der Waals surface area contributed by atoms with Crippen LogP contribution in [0.1, 0.15) is 30.1 Å². The summed E-state index contributed by atoms with van der Waals surface area (Å²) in [6.07, 6.45) is 5.92. The van der Waals surface area contributed by atoms with Crippen molar-refractivity contribution in [1.29, 1.82) is 0 Å². The number of benzene rings is 1. The molecule has 1 amide bonds. The van der Waals surface area contributed by atoms with Gasteiger partial charge in [0.15, 0.2) is 0 Å². The standard InChI is InChI=1S/C21H26N6O/c1-16-25-19(15-20(26-16)27-14-13-22-17(27)2)23-11-12-24-21(28)10-6-9-18-7-4-3-5-8-18/h3-5,7-8,13-15H,6,9-12H2,1-2H3,(H,24,28)(H,23,25,26). The first-order valence-electron chi connectivity index (χ1n) is 9.52. The molecule has 0 saturated heterocycles. The van der Waals surface area contributed by atoms with Gasteiger partial charge in [0.05, 0.1) is 0 Å². The molecule has 0 radical (unpaired) electrons. The van der Waals surface area contributed by atoms with Crippen molar-refractivity contribution in [3.05, 3.63) is 66.0 Å². The highest BCUT2D eigenvalue weighted by atomic mass is 16.1. The van der Waals surface area contributed by atoms with E-state index in [4.69, 9.17) is 0 Å². The number of imidazole rings is 1. The van der Waals surface area contributed by atoms with Crippen LogP contribution in [0.2, 0.25) is 0 Å². The SMILES string of the molecule is Cc1nc(NCCNC(=O)CCCc2ccccc2)cc(-n2ccnc2C)n1. The summed E-state index contributed by atoms with van der Waals surface area (Å²) in [5, 5.41) is 6.19. The minimum Gasteiger partial charge on any atom is -0.368 e. The van der Waals surface area contributed by atoms with Crippen LogP contribution in [-0.2, 0) is 11.2 Å². The Kier molecular flexibility index (Phi) is 6.73. The second kappa shape index (κ2) is 9.64. The molecule has 0 aliphatic carbocycles. The smallest absolute Gasteiger partial charge is 0.220 e. The van der Waals surface area contributed by atoms with Crippen molar-refractivity contribution in [1.82, 2.24) is 24.8 Å². The molecule has 3 rings (SSSR count). The fourth-order valence-electron chi connectivity index (χ4n) is 2.96. The van der Waals surface area contributed by atoms with Crippen LogP contribution in [0.5, 0.6) is 0 Å². The number of amides is 1. The number of aromatic nitrogens is 4. The van der Waals surface area contributed by atoms with E-state index in [9.17, 15) is 4.79 Å². The van der Waals surface area contributed by atoms with E-state index in [2.05, 4.69) is 37.7 Å². The summed E-state index contributed by atoms with van der Waals surface area (Å²) in [6, 6.07) is 12.1. The summed E-state index contributed by atoms with van der Waals surface area (Å²) < 4.78 is 1.91. The molecule has 0 fully saturated rings. The molecule has 0 aliphatic rings. The maximum atomic E-state index is 12.0. The average Bonchev–Trinajstić information content (AvgIpc) is 3.12. The first-order valence-corrected chi connectivity index (χ1v) is 9.52. The van der Waals surface area contributed by atoms with Crippen molar-refractivity contribution >= 4 is 11.7 Å². The van der Waals surface area contributed by atoms with Gasteiger partial charge in [0.25, 0.3) is 0 Å². The van der Waals surface area contributed by atoms with E-state index < -0.39 is 0 Å². The summed E-state index contributed by atoms with van der Waals surface area (Å²) in [5.41, 5.74) is 1.26. The van der Waals surface area contributed by atoms with Gasteiger partial charge in [0.1, 0.15) is 23.3 Å². The lowest BCUT2D eigenvalue weighted by atomic mass is 10.1. The van der Waals surface area contributed by atoms with Gasteiger partial charge in [-0.1, -0.05) is 30.3 Å². The van der Waals surface area contributed by atoms with Gasteiger partial charge in [-0.15, -0.1) is 0 Å². The van der Waals surface area contributed by atoms with E-state index in [0.29, 0.717) is 25.3 Å². The third-order valence-electron chi connectivity index (χ3n) is 4.36. The highest BCUT2D eigenvalue weighted by molar-refractivity contribution is 5.75. The number of aryl methyl sites for hydroxylation is 3. The molecule has 0 bridgehead atoms. The molecule has 0 atom stereocenters. The van der Waals surface area contributed by atoms with E-state index >= 15 is 0 Å². The van der Waals surface area contributed by atoms with Gasteiger partial charge in [-0.3, -0.25) is 9.36 Å². The van der Waals surface area contributed by atoms with Crippen LogP contribution in [0.15, 0.2) is 48.8 Å². The first-order chi connectivity index (χ1) is 13.6. The Hall–Kier alpha value is -3.22. The summed E-state index contributed by atoms with van der Waals surface area (Å²) >= 11 is 0. The monoisotopic (exact) mass is 378 g/mol. The topological polar surface area (TPSA) is 84.7 Å². The van der Waals surface area contributed by atoms with Crippen molar-refractivity contribution in [3.63, 3.8) is 0 Å². The zero-order valence-electron chi connectivity index (χ0n) is 16.4. The van der Waals surface area contributed by atoms with Crippen LogP contribution in [0, 0.1) is 13.8 Å². The van der Waals surface area contributed by atoms with Gasteiger partial charge in [0.2, 0.25) is 5.91 Å². The number of carbonyl (C=O) groups excluding carboxylic acids is 1. The van der Waals surface area contributed by atoms with Crippen molar-refractivity contribution in [3.8, 4) is 5.82 Å². The fraction of sp³-hybridized carbons (Fsp3) is 0.333. The molecule has 0 saturated carbocycles. The molecule has 28 heavy (non-hydrogen) atoms. The lowest BCUT2D eigenvalue weighted by molar-refractivity contribution is -0.121. The Morgan fingerprint density at radius 1 is 1.11 bits per heavy atom. The van der Waals surface area contributed by atoms with Crippen molar-refractivity contribution in [2.45, 2.75) is 33.1 Å². The Labute approximate surface area is 165 Å². The predicted molar refractivity (Wildman–Crippen MR) is 110 cm³/mol. The summed E-state index contributed by atoms with van der Waals surface area (Å²) in [5.74, 6) is 3.13. The highest BCUT2D eigenvalue weighted by Gasteiger charge is 2.06. The molecule has 0 unspecified atom stereocenters. The van der Waals surface area contributed by atoms with Crippen LogP contribution in [0.4, 0.5) is 5.82 Å². The molecule has 7 heteroatoms. The van der Waals surface area contributed by atoms with Crippen LogP contribution >= 0.6 is 0 Å². The number of anilines is 1. The molecule has 0 aliphatic heterocycles. The molecule has 2 N–H and O–H groups in total. The van der Waals surface area contributed by atoms with Gasteiger partial charge in [-0.2, -0.15) is 0 Å². The molecule has 2 aromatic heterocycles. The number of hydrogen-bond acceptors (Lipinski definition) is 5. The van der Waals surface area contributed by atoms with Gasteiger partial charge < -0.3 is 10.6 Å². The third-order valence-corrected chi connectivity index (χ3v) is 4.36. The quantitative estimate of drug-likeness (QED) is 0.559. The third kappa shape index (κ3) is 5.64. The summed E-state index contributed by atoms with van der Waals surface area (Å²) in [6.45, 7) is 4.93. The Balaban J connectivity index is 1.41. The Bertz CT molecular complexity index is 906. The largest absolute Gasteiger partial charge is 0.368 e. The predicted octanol–water partition coefficient (Wildman–Crippen LogP) is 2.83. The van der Waals surface area contributed by atoms with Crippen LogP contribution in [-0.4, -0.2) is 38.5 Å². The van der Waals surface area contributed by atoms with Crippen molar-refractivity contribution in [2.24, 2.45) is 0 Å². The number of hydrogen-bond donors (Lipinski definition) is 2. The lowest BCUT2D eigenvalue weighted by Gasteiger charge is -2.10. The minimum absolute atomic E-state index is 0.0753. The Morgan fingerprint density at radius 2 is 1.93 bits per heavy atom. The van der Waals surface area contributed by atoms with Crippen molar-refractivity contribution < 1.29 is 4.79 Å². The number of carbonyl (C=O) groups is 1. The van der Waals surface area contributed by atoms with E-state index in [0.717, 1.165) is 30.3 Å². The van der Waals surface area contributed by atoms with E-state index in [1.807, 2.05) is 48.9 Å². The maximum Gasteiger partial charge on any atom is 0.220 e. The highest BCUT2D eigenvalue weighted by Crippen LogP contribution is 2.12. The molecule has 1 aromatic carbocycles. The molecule has 146 valence electrons. The van der Waals surface area contributed by atoms with Crippen LogP contribution in [0.3, 0.4) is 0 Å². The van der Waals surface area contributed by atoms with Gasteiger partial charge in [-0.05, 0) is 32.3 Å². The molecule has 0 spiro atoms. The van der Waals surface area contributed by atoms with E-state index in [-0.39, 0.29) is 5.91 Å². The zero-order chi connectivity index (χ0) is 19.8. The number of rotatable bonds is 9. The van der Waals surface area contributed by atoms with Crippen LogP contribution < -0.4 is 10.6 Å². The molecular formula is C21H26N6O. The average molecular weight is 378 g/mol. The molecule has 3 aromatic rings. The molecular weight excluding hydrogens is 352 g/mol. The maximum absolute atomic E-state index is 12.0. The normalized spacial score (nSPS) is 10.6. The van der Waals surface area contributed by atoms with Gasteiger partial charge in [-0.25, -0.2) is 15.0 Å². The summed E-state index contributed by atoms with van der Waals surface area (Å²) in [4.78, 5) is 25.1. The van der Waals surface area contributed by atoms with E-state index in [1.54, 1.807) is 6.20 Å². The second-order valence-electron chi connectivity index (χ2n) is 6.62. The lowest BCUT2D eigenvalue weighted by Crippen LogP contribution is -2.28. The number of nitrogens with one attached hydrogen (secondary N) is 2.